The van der Waals surface area contributed by atoms with Crippen LogP contribution in [-0.4, -0.2) is 16.9 Å². The SMILES string of the molecule is Cc1ncsc1CNC(=O)[C@@H](N)CC(C)C. The maximum atomic E-state index is 11.6. The Morgan fingerprint density at radius 3 is 2.81 bits per heavy atom. The van der Waals surface area contributed by atoms with Crippen LogP contribution < -0.4 is 11.1 Å². The van der Waals surface area contributed by atoms with Crippen LogP contribution in [0, 0.1) is 12.8 Å². The molecule has 0 aromatic carbocycles. The third-order valence-corrected chi connectivity index (χ3v) is 3.27. The average Bonchev–Trinajstić information content (AvgIpc) is 2.59. The topological polar surface area (TPSA) is 68.0 Å². The molecule has 1 rings (SSSR count). The van der Waals surface area contributed by atoms with Gasteiger partial charge in [-0.2, -0.15) is 0 Å². The van der Waals surface area contributed by atoms with Gasteiger partial charge in [-0.15, -0.1) is 11.3 Å². The number of hydrogen-bond donors (Lipinski definition) is 2. The molecule has 16 heavy (non-hydrogen) atoms. The molecule has 1 aromatic heterocycles. The van der Waals surface area contributed by atoms with Crippen LogP contribution in [0.4, 0.5) is 0 Å². The molecule has 3 N–H and O–H groups in total. The molecule has 1 atom stereocenters. The van der Waals surface area contributed by atoms with Crippen LogP contribution in [0.25, 0.3) is 0 Å². The van der Waals surface area contributed by atoms with Crippen LogP contribution in [0.5, 0.6) is 0 Å². The molecule has 4 nitrogen and oxygen atoms in total. The van der Waals surface area contributed by atoms with Gasteiger partial charge in [0.25, 0.3) is 0 Å². The molecule has 0 unspecified atom stereocenters. The summed E-state index contributed by atoms with van der Waals surface area (Å²) in [5.74, 6) is 0.354. The van der Waals surface area contributed by atoms with Gasteiger partial charge in [0.1, 0.15) is 0 Å². The Labute approximate surface area is 100 Å². The van der Waals surface area contributed by atoms with Crippen molar-refractivity contribution in [2.75, 3.05) is 0 Å². The zero-order chi connectivity index (χ0) is 12.1. The van der Waals surface area contributed by atoms with Gasteiger partial charge < -0.3 is 11.1 Å². The van der Waals surface area contributed by atoms with Crippen LogP contribution >= 0.6 is 11.3 Å². The number of nitrogens with zero attached hydrogens (tertiary/aromatic N) is 1. The number of aryl methyl sites for hydroxylation is 1. The van der Waals surface area contributed by atoms with Crippen molar-refractivity contribution in [2.45, 2.75) is 39.8 Å². The minimum absolute atomic E-state index is 0.0819. The number of thiazole rings is 1. The smallest absolute Gasteiger partial charge is 0.237 e. The van der Waals surface area contributed by atoms with Gasteiger partial charge in [-0.25, -0.2) is 4.98 Å². The molecule has 0 saturated carbocycles. The summed E-state index contributed by atoms with van der Waals surface area (Å²) in [6.45, 7) is 6.58. The molecule has 0 radical (unpaired) electrons. The number of carbonyl (C=O) groups excluding carboxylic acids is 1. The van der Waals surface area contributed by atoms with Crippen LogP contribution in [0.2, 0.25) is 0 Å². The van der Waals surface area contributed by atoms with E-state index in [1.165, 1.54) is 0 Å². The fraction of sp³-hybridized carbons (Fsp3) is 0.636. The summed E-state index contributed by atoms with van der Waals surface area (Å²) in [7, 11) is 0. The van der Waals surface area contributed by atoms with Crippen LogP contribution in [0.15, 0.2) is 5.51 Å². The second-order valence-corrected chi connectivity index (χ2v) is 5.25. The molecule has 0 fully saturated rings. The lowest BCUT2D eigenvalue weighted by atomic mass is 10.0. The highest BCUT2D eigenvalue weighted by Crippen LogP contribution is 2.11. The lowest BCUT2D eigenvalue weighted by Gasteiger charge is -2.13. The van der Waals surface area contributed by atoms with E-state index in [2.05, 4.69) is 24.1 Å². The summed E-state index contributed by atoms with van der Waals surface area (Å²) in [5.41, 5.74) is 8.53. The van der Waals surface area contributed by atoms with E-state index in [1.807, 2.05) is 6.92 Å². The standard InChI is InChI=1S/C11H19N3OS/c1-7(2)4-9(12)11(15)13-5-10-8(3)14-6-16-10/h6-7,9H,4-5,12H2,1-3H3,(H,13,15)/t9-/m0/s1. The zero-order valence-electron chi connectivity index (χ0n) is 9.99. The number of hydrogen-bond acceptors (Lipinski definition) is 4. The van der Waals surface area contributed by atoms with Crippen LogP contribution in [-0.2, 0) is 11.3 Å². The summed E-state index contributed by atoms with van der Waals surface area (Å²) in [6.07, 6.45) is 0.716. The Bertz CT molecular complexity index is 349. The second-order valence-electron chi connectivity index (χ2n) is 4.31. The fourth-order valence-electron chi connectivity index (χ4n) is 1.41. The van der Waals surface area contributed by atoms with Gasteiger partial charge in [0.15, 0.2) is 0 Å². The molecule has 1 heterocycles. The number of carbonyl (C=O) groups is 1. The fourth-order valence-corrected chi connectivity index (χ4v) is 2.13. The highest BCUT2D eigenvalue weighted by atomic mass is 32.1. The Hall–Kier alpha value is -0.940. The van der Waals surface area contributed by atoms with Gasteiger partial charge >= 0.3 is 0 Å². The highest BCUT2D eigenvalue weighted by Gasteiger charge is 2.14. The van der Waals surface area contributed by atoms with E-state index in [9.17, 15) is 4.79 Å². The number of nitrogens with two attached hydrogens (primary N) is 1. The van der Waals surface area contributed by atoms with E-state index in [1.54, 1.807) is 16.8 Å². The minimum Gasteiger partial charge on any atom is -0.350 e. The monoisotopic (exact) mass is 241 g/mol. The molecule has 0 aliphatic heterocycles. The maximum absolute atomic E-state index is 11.6. The molecule has 0 bridgehead atoms. The van der Waals surface area contributed by atoms with Crippen LogP contribution in [0.3, 0.4) is 0 Å². The molecule has 1 aromatic rings. The van der Waals surface area contributed by atoms with Crippen LogP contribution in [0.1, 0.15) is 30.8 Å². The third-order valence-electron chi connectivity index (χ3n) is 2.33. The minimum atomic E-state index is -0.409. The van der Waals surface area contributed by atoms with Gasteiger partial charge in [-0.05, 0) is 19.3 Å². The number of aromatic nitrogens is 1. The second kappa shape index (κ2) is 5.96. The van der Waals surface area contributed by atoms with Crippen molar-refractivity contribution < 1.29 is 4.79 Å². The third kappa shape index (κ3) is 3.90. The molecule has 0 aliphatic rings. The van der Waals surface area contributed by atoms with Crippen molar-refractivity contribution in [3.8, 4) is 0 Å². The average molecular weight is 241 g/mol. The summed E-state index contributed by atoms with van der Waals surface area (Å²) in [4.78, 5) is 16.8. The van der Waals surface area contributed by atoms with Gasteiger partial charge in [0.2, 0.25) is 5.91 Å². The van der Waals surface area contributed by atoms with E-state index in [0.29, 0.717) is 18.9 Å². The zero-order valence-corrected chi connectivity index (χ0v) is 10.8. The first-order valence-electron chi connectivity index (χ1n) is 5.43. The maximum Gasteiger partial charge on any atom is 0.237 e. The van der Waals surface area contributed by atoms with E-state index < -0.39 is 6.04 Å². The number of amides is 1. The van der Waals surface area contributed by atoms with E-state index >= 15 is 0 Å². The first-order chi connectivity index (χ1) is 7.50. The molecule has 5 heteroatoms. The quantitative estimate of drug-likeness (QED) is 0.819. The van der Waals surface area contributed by atoms with Crippen molar-refractivity contribution in [3.05, 3.63) is 16.1 Å². The first-order valence-corrected chi connectivity index (χ1v) is 6.31. The lowest BCUT2D eigenvalue weighted by Crippen LogP contribution is -2.40. The molecular formula is C11H19N3OS. The summed E-state index contributed by atoms with van der Waals surface area (Å²) < 4.78 is 0. The summed E-state index contributed by atoms with van der Waals surface area (Å²) in [5, 5.41) is 2.84. The van der Waals surface area contributed by atoms with Crippen molar-refractivity contribution in [1.29, 1.82) is 0 Å². The molecule has 0 aliphatic carbocycles. The van der Waals surface area contributed by atoms with E-state index in [4.69, 9.17) is 5.73 Å². The van der Waals surface area contributed by atoms with Gasteiger partial charge in [-0.3, -0.25) is 4.79 Å². The van der Waals surface area contributed by atoms with Gasteiger partial charge in [0, 0.05) is 4.88 Å². The van der Waals surface area contributed by atoms with Crippen molar-refractivity contribution in [3.63, 3.8) is 0 Å². The Kier molecular flexibility index (Phi) is 4.89. The predicted octanol–water partition coefficient (Wildman–Crippen LogP) is 1.44. The number of rotatable bonds is 5. The Balaban J connectivity index is 2.38. The van der Waals surface area contributed by atoms with Crippen molar-refractivity contribution >= 4 is 17.2 Å². The predicted molar refractivity (Wildman–Crippen MR) is 66.1 cm³/mol. The molecule has 0 saturated heterocycles. The summed E-state index contributed by atoms with van der Waals surface area (Å²) in [6, 6.07) is -0.409. The molecule has 1 amide bonds. The van der Waals surface area contributed by atoms with E-state index in [-0.39, 0.29) is 5.91 Å². The number of nitrogens with one attached hydrogen (secondary N) is 1. The molecule has 90 valence electrons. The van der Waals surface area contributed by atoms with Gasteiger partial charge in [0.05, 0.1) is 23.8 Å². The normalized spacial score (nSPS) is 12.8. The molecular weight excluding hydrogens is 222 g/mol. The van der Waals surface area contributed by atoms with Crippen molar-refractivity contribution in [1.82, 2.24) is 10.3 Å². The largest absolute Gasteiger partial charge is 0.350 e. The van der Waals surface area contributed by atoms with Crippen molar-refractivity contribution in [2.24, 2.45) is 11.7 Å². The van der Waals surface area contributed by atoms with E-state index in [0.717, 1.165) is 10.6 Å². The van der Waals surface area contributed by atoms with Gasteiger partial charge in [-0.1, -0.05) is 13.8 Å². The molecule has 0 spiro atoms. The lowest BCUT2D eigenvalue weighted by molar-refractivity contribution is -0.122. The highest BCUT2D eigenvalue weighted by molar-refractivity contribution is 7.09. The Morgan fingerprint density at radius 2 is 2.31 bits per heavy atom. The Morgan fingerprint density at radius 1 is 1.62 bits per heavy atom. The first kappa shape index (κ1) is 13.1. The summed E-state index contributed by atoms with van der Waals surface area (Å²) >= 11 is 1.55.